The molecule has 0 aliphatic heterocycles. The van der Waals surface area contributed by atoms with E-state index in [4.69, 9.17) is 5.73 Å². The zero-order chi connectivity index (χ0) is 13.6. The van der Waals surface area contributed by atoms with Crippen LogP contribution in [0.1, 0.15) is 12.5 Å². The Hall–Kier alpha value is -1.80. The fourth-order valence-corrected chi connectivity index (χ4v) is 1.83. The Labute approximate surface area is 106 Å². The van der Waals surface area contributed by atoms with Gasteiger partial charge in [-0.2, -0.15) is 13.1 Å². The number of nitrogens with one attached hydrogen (secondary N) is 2. The molecule has 4 N–H and O–H groups in total. The van der Waals surface area contributed by atoms with Gasteiger partial charge in [0.15, 0.2) is 0 Å². The summed E-state index contributed by atoms with van der Waals surface area (Å²) < 4.78 is 31.2. The van der Waals surface area contributed by atoms with E-state index in [-0.39, 0.29) is 13.2 Å². The third-order valence-electron chi connectivity index (χ3n) is 1.94. The molecule has 1 rings (SSSR count). The molecule has 0 radical (unpaired) electrons. The molecule has 0 aliphatic rings. The van der Waals surface area contributed by atoms with Crippen molar-refractivity contribution in [3.8, 4) is 0 Å². The molecule has 1 amide bonds. The highest BCUT2D eigenvalue weighted by Crippen LogP contribution is 2.05. The van der Waals surface area contributed by atoms with Crippen molar-refractivity contribution in [2.24, 2.45) is 0 Å². The molecule has 0 aromatic heterocycles. The molecule has 0 aliphatic carbocycles. The van der Waals surface area contributed by atoms with Crippen molar-refractivity contribution in [3.63, 3.8) is 0 Å². The minimum absolute atomic E-state index is 0.0506. The predicted octanol–water partition coefficient (Wildman–Crippen LogP) is 0.349. The van der Waals surface area contributed by atoms with E-state index in [1.54, 1.807) is 35.9 Å². The molecule has 18 heavy (non-hydrogen) atoms. The molecule has 0 saturated heterocycles. The van der Waals surface area contributed by atoms with Crippen LogP contribution in [0.5, 0.6) is 0 Å². The minimum Gasteiger partial charge on any atom is -0.449 e. The van der Waals surface area contributed by atoms with Crippen molar-refractivity contribution in [2.75, 3.05) is 12.3 Å². The number of carbonyl (C=O) groups excluding carboxylic acids is 1. The van der Waals surface area contributed by atoms with Gasteiger partial charge in [-0.15, -0.1) is 0 Å². The summed E-state index contributed by atoms with van der Waals surface area (Å²) in [4.78, 5) is 10.9. The van der Waals surface area contributed by atoms with Gasteiger partial charge in [-0.1, -0.05) is 12.1 Å². The van der Waals surface area contributed by atoms with Crippen molar-refractivity contribution < 1.29 is 17.9 Å². The van der Waals surface area contributed by atoms with E-state index in [0.29, 0.717) is 5.69 Å². The lowest BCUT2D eigenvalue weighted by molar-refractivity contribution is 0.158. The van der Waals surface area contributed by atoms with Gasteiger partial charge in [0, 0.05) is 12.2 Å². The minimum atomic E-state index is -3.92. The Balaban J connectivity index is 2.51. The van der Waals surface area contributed by atoms with Crippen LogP contribution in [0.15, 0.2) is 24.3 Å². The molecule has 100 valence electrons. The second kappa shape index (κ2) is 6.22. The Morgan fingerprint density at radius 3 is 2.50 bits per heavy atom. The largest absolute Gasteiger partial charge is 0.449 e. The number of benzene rings is 1. The number of amides is 1. The average Bonchev–Trinajstić information content (AvgIpc) is 2.28. The van der Waals surface area contributed by atoms with E-state index in [2.05, 4.69) is 9.46 Å². The second-order valence-corrected chi connectivity index (χ2v) is 4.89. The summed E-state index contributed by atoms with van der Waals surface area (Å²) in [6.07, 6.45) is -1.01. The van der Waals surface area contributed by atoms with Crippen LogP contribution in [0.4, 0.5) is 10.5 Å². The summed E-state index contributed by atoms with van der Waals surface area (Å²) >= 11 is 0. The van der Waals surface area contributed by atoms with Crippen molar-refractivity contribution in [1.82, 2.24) is 9.44 Å². The molecule has 8 heteroatoms. The molecular formula is C10H15N3O4S. The molecule has 0 heterocycles. The summed E-state index contributed by atoms with van der Waals surface area (Å²) in [5, 5.41) is 0. The summed E-state index contributed by atoms with van der Waals surface area (Å²) in [5.41, 5.74) is 6.81. The molecule has 0 unspecified atom stereocenters. The number of carbonyl (C=O) groups is 1. The highest BCUT2D eigenvalue weighted by atomic mass is 32.2. The predicted molar refractivity (Wildman–Crippen MR) is 66.8 cm³/mol. The van der Waals surface area contributed by atoms with Crippen LogP contribution in [-0.4, -0.2) is 21.1 Å². The van der Waals surface area contributed by atoms with Gasteiger partial charge in [0.05, 0.1) is 6.61 Å². The SMILES string of the molecule is CCOC(=O)NS(=O)(=O)NCc1ccc(N)cc1. The topological polar surface area (TPSA) is 111 Å². The lowest BCUT2D eigenvalue weighted by Crippen LogP contribution is -2.40. The normalized spacial score (nSPS) is 10.9. The van der Waals surface area contributed by atoms with Gasteiger partial charge in [-0.3, -0.25) is 0 Å². The Bertz CT molecular complexity index is 498. The molecule has 0 saturated carbocycles. The molecule has 1 aromatic rings. The van der Waals surface area contributed by atoms with Gasteiger partial charge in [-0.05, 0) is 24.6 Å². The fraction of sp³-hybridized carbons (Fsp3) is 0.300. The fourth-order valence-electron chi connectivity index (χ4n) is 1.12. The van der Waals surface area contributed by atoms with Crippen molar-refractivity contribution in [1.29, 1.82) is 0 Å². The van der Waals surface area contributed by atoms with Gasteiger partial charge in [0.2, 0.25) is 0 Å². The van der Waals surface area contributed by atoms with Gasteiger partial charge >= 0.3 is 16.3 Å². The van der Waals surface area contributed by atoms with E-state index < -0.39 is 16.3 Å². The summed E-state index contributed by atoms with van der Waals surface area (Å²) in [6.45, 7) is 1.72. The first-order valence-corrected chi connectivity index (χ1v) is 6.70. The zero-order valence-corrected chi connectivity index (χ0v) is 10.7. The third-order valence-corrected chi connectivity index (χ3v) is 2.90. The van der Waals surface area contributed by atoms with E-state index >= 15 is 0 Å². The van der Waals surface area contributed by atoms with Crippen molar-refractivity contribution in [2.45, 2.75) is 13.5 Å². The van der Waals surface area contributed by atoms with Crippen molar-refractivity contribution in [3.05, 3.63) is 29.8 Å². The molecule has 0 spiro atoms. The van der Waals surface area contributed by atoms with Crippen LogP contribution in [0.25, 0.3) is 0 Å². The summed E-state index contributed by atoms with van der Waals surface area (Å²) in [5.74, 6) is 0. The van der Waals surface area contributed by atoms with Gasteiger partial charge < -0.3 is 10.5 Å². The maximum Gasteiger partial charge on any atom is 0.421 e. The maximum absolute atomic E-state index is 11.4. The summed E-state index contributed by atoms with van der Waals surface area (Å²) in [6, 6.07) is 6.68. The van der Waals surface area contributed by atoms with Crippen molar-refractivity contribution >= 4 is 22.0 Å². The number of nitrogens with two attached hydrogens (primary N) is 1. The zero-order valence-electron chi connectivity index (χ0n) is 9.84. The average molecular weight is 273 g/mol. The number of anilines is 1. The first kappa shape index (κ1) is 14.3. The Kier molecular flexibility index (Phi) is 4.93. The molecule has 7 nitrogen and oxygen atoms in total. The number of hydrogen-bond donors (Lipinski definition) is 3. The number of nitrogen functional groups attached to an aromatic ring is 1. The van der Waals surface area contributed by atoms with Crippen LogP contribution < -0.4 is 15.2 Å². The second-order valence-electron chi connectivity index (χ2n) is 3.39. The highest BCUT2D eigenvalue weighted by molar-refractivity contribution is 7.88. The summed E-state index contributed by atoms with van der Waals surface area (Å²) in [7, 11) is -3.92. The van der Waals surface area contributed by atoms with E-state index in [9.17, 15) is 13.2 Å². The monoisotopic (exact) mass is 273 g/mol. The lowest BCUT2D eigenvalue weighted by Gasteiger charge is -2.08. The van der Waals surface area contributed by atoms with E-state index in [1.807, 2.05) is 0 Å². The van der Waals surface area contributed by atoms with Gasteiger partial charge in [0.1, 0.15) is 0 Å². The first-order chi connectivity index (χ1) is 8.43. The molecular weight excluding hydrogens is 258 g/mol. The first-order valence-electron chi connectivity index (χ1n) is 5.21. The molecule has 0 fully saturated rings. The highest BCUT2D eigenvalue weighted by Gasteiger charge is 2.14. The van der Waals surface area contributed by atoms with Gasteiger partial charge in [0.25, 0.3) is 0 Å². The third kappa shape index (κ3) is 5.02. The quantitative estimate of drug-likeness (QED) is 0.670. The van der Waals surface area contributed by atoms with Crippen LogP contribution in [0.3, 0.4) is 0 Å². The van der Waals surface area contributed by atoms with E-state index in [1.165, 1.54) is 0 Å². The van der Waals surface area contributed by atoms with Crippen LogP contribution in [-0.2, 0) is 21.5 Å². The number of rotatable bonds is 5. The van der Waals surface area contributed by atoms with Crippen LogP contribution in [0.2, 0.25) is 0 Å². The Morgan fingerprint density at radius 2 is 1.94 bits per heavy atom. The maximum atomic E-state index is 11.4. The Morgan fingerprint density at radius 1 is 1.33 bits per heavy atom. The van der Waals surface area contributed by atoms with E-state index in [0.717, 1.165) is 5.56 Å². The molecule has 0 bridgehead atoms. The standard InChI is InChI=1S/C10H15N3O4S/c1-2-17-10(14)13-18(15,16)12-7-8-3-5-9(11)6-4-8/h3-6,12H,2,7,11H2,1H3,(H,13,14). The van der Waals surface area contributed by atoms with Crippen LogP contribution in [0, 0.1) is 0 Å². The number of hydrogen-bond acceptors (Lipinski definition) is 5. The van der Waals surface area contributed by atoms with Gasteiger partial charge in [-0.25, -0.2) is 9.52 Å². The van der Waals surface area contributed by atoms with Crippen LogP contribution >= 0.6 is 0 Å². The lowest BCUT2D eigenvalue weighted by atomic mass is 10.2. The molecule has 1 aromatic carbocycles. The number of ether oxygens (including phenoxy) is 1. The smallest absolute Gasteiger partial charge is 0.421 e. The molecule has 0 atom stereocenters.